The molecule has 0 aliphatic heterocycles. The second-order valence-electron chi connectivity index (χ2n) is 5.20. The molecule has 0 aromatic rings. The van der Waals surface area contributed by atoms with Gasteiger partial charge in [0.25, 0.3) is 0 Å². The summed E-state index contributed by atoms with van der Waals surface area (Å²) in [7, 11) is 0. The number of carbonyl (C=O) groups is 2. The Kier molecular flexibility index (Phi) is 1.96. The highest BCUT2D eigenvalue weighted by Crippen LogP contribution is 2.67. The third kappa shape index (κ3) is 0.885. The van der Waals surface area contributed by atoms with Crippen molar-refractivity contribution in [2.45, 2.75) is 34.1 Å². The van der Waals surface area contributed by atoms with Crippen molar-refractivity contribution in [3.63, 3.8) is 0 Å². The van der Waals surface area contributed by atoms with Gasteiger partial charge in [-0.25, -0.2) is 0 Å². The van der Waals surface area contributed by atoms with E-state index < -0.39 is 22.8 Å². The first-order valence-corrected chi connectivity index (χ1v) is 4.56. The van der Waals surface area contributed by atoms with Gasteiger partial charge >= 0.3 is 11.9 Å². The maximum atomic E-state index is 11.1. The molecular weight excluding hydrogens is 184 g/mol. The Morgan fingerprint density at radius 3 is 1.43 bits per heavy atom. The highest BCUT2D eigenvalue weighted by Gasteiger charge is 2.73. The summed E-state index contributed by atoms with van der Waals surface area (Å²) >= 11 is 0. The summed E-state index contributed by atoms with van der Waals surface area (Å²) in [5.41, 5.74) is -2.59. The number of aliphatic carboxylic acids is 2. The number of rotatable bonds is 2. The van der Waals surface area contributed by atoms with Crippen molar-refractivity contribution in [1.29, 1.82) is 0 Å². The third-order valence-electron chi connectivity index (χ3n) is 4.20. The Morgan fingerprint density at radius 1 is 1.00 bits per heavy atom. The molecule has 14 heavy (non-hydrogen) atoms. The highest BCUT2D eigenvalue weighted by molar-refractivity contribution is 6.00. The fourth-order valence-corrected chi connectivity index (χ4v) is 2.35. The molecule has 4 heteroatoms. The Morgan fingerprint density at radius 2 is 1.36 bits per heavy atom. The fraction of sp³-hybridized carbons (Fsp3) is 0.800. The van der Waals surface area contributed by atoms with E-state index >= 15 is 0 Å². The summed E-state index contributed by atoms with van der Waals surface area (Å²) in [5.74, 6) is -2.45. The predicted molar refractivity (Wildman–Crippen MR) is 49.9 cm³/mol. The van der Waals surface area contributed by atoms with E-state index in [1.165, 1.54) is 0 Å². The Hall–Kier alpha value is -1.06. The standard InChI is InChI=1S/C10H16O4/c1-8(2)5-10(6(11)12,7(13)14)9(8,3)4/h5H2,1-4H3,(H,11,12)(H,13,14). The molecular formula is C10H16O4. The van der Waals surface area contributed by atoms with Crippen molar-refractivity contribution in [2.24, 2.45) is 16.2 Å². The maximum Gasteiger partial charge on any atom is 0.321 e. The third-order valence-corrected chi connectivity index (χ3v) is 4.20. The van der Waals surface area contributed by atoms with Gasteiger partial charge in [-0.1, -0.05) is 27.7 Å². The molecule has 0 atom stereocenters. The first-order chi connectivity index (χ1) is 6.09. The quantitative estimate of drug-likeness (QED) is 0.664. The number of hydrogen-bond donors (Lipinski definition) is 2. The zero-order valence-corrected chi connectivity index (χ0v) is 8.92. The van der Waals surface area contributed by atoms with E-state index in [0.717, 1.165) is 0 Å². The Labute approximate surface area is 82.9 Å². The van der Waals surface area contributed by atoms with Crippen molar-refractivity contribution in [3.05, 3.63) is 0 Å². The SMILES string of the molecule is CC1(C)CC(C(=O)O)(C(=O)O)C1(C)C. The zero-order chi connectivity index (χ0) is 11.4. The maximum absolute atomic E-state index is 11.1. The molecule has 4 nitrogen and oxygen atoms in total. The van der Waals surface area contributed by atoms with Crippen LogP contribution in [0, 0.1) is 16.2 Å². The summed E-state index contributed by atoms with van der Waals surface area (Å²) in [6, 6.07) is 0. The molecule has 2 N–H and O–H groups in total. The van der Waals surface area contributed by atoms with E-state index in [0.29, 0.717) is 0 Å². The van der Waals surface area contributed by atoms with Gasteiger partial charge in [-0.05, 0) is 17.3 Å². The summed E-state index contributed by atoms with van der Waals surface area (Å²) in [6.07, 6.45) is 0.192. The molecule has 0 bridgehead atoms. The van der Waals surface area contributed by atoms with Crippen molar-refractivity contribution in [2.75, 3.05) is 0 Å². The summed E-state index contributed by atoms with van der Waals surface area (Å²) in [4.78, 5) is 22.1. The van der Waals surface area contributed by atoms with Gasteiger partial charge in [0.15, 0.2) is 5.41 Å². The van der Waals surface area contributed by atoms with Crippen LogP contribution >= 0.6 is 0 Å². The number of carboxylic acids is 2. The van der Waals surface area contributed by atoms with E-state index in [9.17, 15) is 9.59 Å². The van der Waals surface area contributed by atoms with E-state index in [1.807, 2.05) is 13.8 Å². The predicted octanol–water partition coefficient (Wildman–Crippen LogP) is 1.60. The molecule has 0 unspecified atom stereocenters. The van der Waals surface area contributed by atoms with E-state index in [2.05, 4.69) is 0 Å². The summed E-state index contributed by atoms with van der Waals surface area (Å²) in [6.45, 7) is 7.21. The lowest BCUT2D eigenvalue weighted by Crippen LogP contribution is -2.67. The summed E-state index contributed by atoms with van der Waals surface area (Å²) < 4.78 is 0. The lowest BCUT2D eigenvalue weighted by atomic mass is 9.38. The highest BCUT2D eigenvalue weighted by atomic mass is 16.4. The first-order valence-electron chi connectivity index (χ1n) is 4.56. The minimum atomic E-state index is -1.61. The number of hydrogen-bond acceptors (Lipinski definition) is 2. The van der Waals surface area contributed by atoms with Gasteiger partial charge < -0.3 is 10.2 Å². The second kappa shape index (κ2) is 2.49. The second-order valence-corrected chi connectivity index (χ2v) is 5.20. The topological polar surface area (TPSA) is 74.6 Å². The average molecular weight is 200 g/mol. The molecule has 0 aromatic carbocycles. The average Bonchev–Trinajstić information content (AvgIpc) is 1.98. The van der Waals surface area contributed by atoms with Crippen LogP contribution in [0.2, 0.25) is 0 Å². The van der Waals surface area contributed by atoms with Crippen LogP contribution in [0.1, 0.15) is 34.1 Å². The Bertz CT molecular complexity index is 287. The molecule has 1 rings (SSSR count). The van der Waals surface area contributed by atoms with Gasteiger partial charge in [0.1, 0.15) is 0 Å². The van der Waals surface area contributed by atoms with Crippen LogP contribution in [0.4, 0.5) is 0 Å². The van der Waals surface area contributed by atoms with Crippen LogP contribution in [0.3, 0.4) is 0 Å². The molecule has 1 saturated carbocycles. The molecule has 0 radical (unpaired) electrons. The van der Waals surface area contributed by atoms with Crippen LogP contribution < -0.4 is 0 Å². The van der Waals surface area contributed by atoms with Gasteiger partial charge in [-0.2, -0.15) is 0 Å². The lowest BCUT2D eigenvalue weighted by Gasteiger charge is -2.62. The van der Waals surface area contributed by atoms with E-state index in [4.69, 9.17) is 10.2 Å². The fourth-order valence-electron chi connectivity index (χ4n) is 2.35. The first kappa shape index (κ1) is 11.0. The van der Waals surface area contributed by atoms with Crippen molar-refractivity contribution in [1.82, 2.24) is 0 Å². The molecule has 80 valence electrons. The van der Waals surface area contributed by atoms with Gasteiger partial charge in [-0.15, -0.1) is 0 Å². The number of carboxylic acid groups (broad SMARTS) is 2. The monoisotopic (exact) mass is 200 g/mol. The molecule has 0 aromatic heterocycles. The molecule has 1 fully saturated rings. The zero-order valence-electron chi connectivity index (χ0n) is 8.92. The van der Waals surface area contributed by atoms with Gasteiger partial charge in [0, 0.05) is 0 Å². The van der Waals surface area contributed by atoms with Crippen LogP contribution in [0.15, 0.2) is 0 Å². The van der Waals surface area contributed by atoms with Crippen molar-refractivity contribution >= 4 is 11.9 Å². The smallest absolute Gasteiger partial charge is 0.321 e. The van der Waals surface area contributed by atoms with Crippen LogP contribution in [-0.4, -0.2) is 22.2 Å². The van der Waals surface area contributed by atoms with E-state index in [1.54, 1.807) is 13.8 Å². The molecule has 1 aliphatic carbocycles. The van der Waals surface area contributed by atoms with Crippen molar-refractivity contribution in [3.8, 4) is 0 Å². The molecule has 0 spiro atoms. The van der Waals surface area contributed by atoms with Crippen molar-refractivity contribution < 1.29 is 19.8 Å². The molecule has 1 aliphatic rings. The molecule has 0 saturated heterocycles. The van der Waals surface area contributed by atoms with Crippen LogP contribution in [0.25, 0.3) is 0 Å². The molecule has 0 amide bonds. The normalized spacial score (nSPS) is 26.3. The van der Waals surface area contributed by atoms with E-state index in [-0.39, 0.29) is 11.8 Å². The van der Waals surface area contributed by atoms with Gasteiger partial charge in [0.05, 0.1) is 0 Å². The lowest BCUT2D eigenvalue weighted by molar-refractivity contribution is -0.219. The summed E-state index contributed by atoms with van der Waals surface area (Å²) in [5, 5.41) is 18.1. The minimum absolute atomic E-state index is 0.192. The largest absolute Gasteiger partial charge is 0.480 e. The van der Waals surface area contributed by atoms with Gasteiger partial charge in [0.2, 0.25) is 0 Å². The molecule has 0 heterocycles. The minimum Gasteiger partial charge on any atom is -0.480 e. The van der Waals surface area contributed by atoms with Gasteiger partial charge in [-0.3, -0.25) is 9.59 Å². The van der Waals surface area contributed by atoms with Crippen LogP contribution in [0.5, 0.6) is 0 Å². The Balaban J connectivity index is 3.21. The van der Waals surface area contributed by atoms with Crippen LogP contribution in [-0.2, 0) is 9.59 Å².